The van der Waals surface area contributed by atoms with Crippen LogP contribution in [0, 0.1) is 16.2 Å². The van der Waals surface area contributed by atoms with Crippen molar-refractivity contribution in [2.24, 2.45) is 16.2 Å². The number of rotatable bonds is 6. The van der Waals surface area contributed by atoms with Crippen molar-refractivity contribution in [1.82, 2.24) is 4.98 Å². The summed E-state index contributed by atoms with van der Waals surface area (Å²) in [5.41, 5.74) is 5.45. The summed E-state index contributed by atoms with van der Waals surface area (Å²) in [5.74, 6) is 0. The van der Waals surface area contributed by atoms with Crippen LogP contribution in [0.15, 0.2) is 66.9 Å². The lowest BCUT2D eigenvalue weighted by atomic mass is 9.88. The smallest absolute Gasteiger partial charge is 0.168 e. The van der Waals surface area contributed by atoms with Crippen molar-refractivity contribution in [1.29, 1.82) is 0 Å². The number of hydrogen-bond acceptors (Lipinski definition) is 4. The van der Waals surface area contributed by atoms with Gasteiger partial charge in [-0.1, -0.05) is 92.6 Å². The van der Waals surface area contributed by atoms with Crippen molar-refractivity contribution in [3.05, 3.63) is 83.6 Å². The summed E-state index contributed by atoms with van der Waals surface area (Å²) in [4.78, 5) is 14.1. The molecule has 0 radical (unpaired) electrons. The standard InChI is InChI=1S/C13H22OP.C13H21OP.C12H20NOP/c1-13(2,3)10-11-6-8-12(9-7-11)15(4,5)14;1-13(2,3)10-11-7-6-8-12(9-11)15(4,5)14;1-12(2,3)9-10-6-7-13-11(8-10)15(4,5)14/h6-9,14H,10H2,1-5H3;6-9H,10H2,1-5H3;6-8H,9H2,1-5H3/q+1;;. The van der Waals surface area contributed by atoms with Crippen LogP contribution in [0.1, 0.15) is 79.0 Å². The summed E-state index contributed by atoms with van der Waals surface area (Å²) in [7, 11) is -6.17. The van der Waals surface area contributed by atoms with Gasteiger partial charge in [0.2, 0.25) is 0 Å². The third-order valence-electron chi connectivity index (χ3n) is 6.67. The maximum atomic E-state index is 11.9. The van der Waals surface area contributed by atoms with Gasteiger partial charge in [0.1, 0.15) is 19.6 Å². The predicted octanol–water partition coefficient (Wildman–Crippen LogP) is 9.53. The van der Waals surface area contributed by atoms with Crippen LogP contribution in [0.5, 0.6) is 0 Å². The van der Waals surface area contributed by atoms with Crippen LogP contribution in [0.2, 0.25) is 0 Å². The Bertz CT molecular complexity index is 1360. The van der Waals surface area contributed by atoms with E-state index in [1.54, 1.807) is 19.5 Å². The predicted molar refractivity (Wildman–Crippen MR) is 205 cm³/mol. The molecule has 4 nitrogen and oxygen atoms in total. The van der Waals surface area contributed by atoms with Crippen molar-refractivity contribution in [2.75, 3.05) is 40.0 Å². The van der Waals surface area contributed by atoms with E-state index in [9.17, 15) is 14.0 Å². The molecule has 0 unspecified atom stereocenters. The van der Waals surface area contributed by atoms with Crippen molar-refractivity contribution in [3.8, 4) is 0 Å². The van der Waals surface area contributed by atoms with Gasteiger partial charge in [-0.05, 0) is 109 Å². The monoisotopic (exact) mass is 674 g/mol. The van der Waals surface area contributed by atoms with Gasteiger partial charge in [0.05, 0.1) is 18.8 Å². The number of aromatic nitrogens is 1. The summed E-state index contributed by atoms with van der Waals surface area (Å²) >= 11 is 0. The summed E-state index contributed by atoms with van der Waals surface area (Å²) in [6.07, 6.45) is 4.86. The molecule has 3 rings (SSSR count). The molecule has 0 bridgehead atoms. The van der Waals surface area contributed by atoms with Crippen LogP contribution < -0.4 is 16.0 Å². The quantitative estimate of drug-likeness (QED) is 0.265. The zero-order chi connectivity index (χ0) is 35.1. The Kier molecular flexibility index (Phi) is 14.8. The lowest BCUT2D eigenvalue weighted by Gasteiger charge is -2.19. The molecule has 45 heavy (non-hydrogen) atoms. The van der Waals surface area contributed by atoms with Crippen molar-refractivity contribution in [2.45, 2.75) is 81.6 Å². The number of benzene rings is 2. The fourth-order valence-corrected chi connectivity index (χ4v) is 7.30. The van der Waals surface area contributed by atoms with Gasteiger partial charge in [0, 0.05) is 11.5 Å². The zero-order valence-corrected chi connectivity index (χ0v) is 33.7. The van der Waals surface area contributed by atoms with Gasteiger partial charge in [-0.15, -0.1) is 0 Å². The molecule has 0 fully saturated rings. The molecule has 7 heteroatoms. The van der Waals surface area contributed by atoms with Gasteiger partial charge in [-0.2, -0.15) is 0 Å². The fourth-order valence-electron chi connectivity index (χ4n) is 4.68. The fraction of sp³-hybridized carbons (Fsp3) is 0.553. The first kappa shape index (κ1) is 41.5. The summed E-state index contributed by atoms with van der Waals surface area (Å²) in [6.45, 7) is 31.0. The minimum Gasteiger partial charge on any atom is -0.319 e. The van der Waals surface area contributed by atoms with E-state index in [-0.39, 0.29) is 10.8 Å². The molecular weight excluding hydrogens is 611 g/mol. The Morgan fingerprint density at radius 2 is 1.07 bits per heavy atom. The van der Waals surface area contributed by atoms with Crippen LogP contribution in [0.3, 0.4) is 0 Å². The SMILES string of the molecule is CC(C)(C)Cc1ccc([P+](C)(C)O)cc1.CC(C)(C)Cc1cccc(P(C)(C)=O)c1.CC(C)(C)Cc1ccnc(P(C)(C)=O)c1. The number of hydrogen-bond donors (Lipinski definition) is 1. The summed E-state index contributed by atoms with van der Waals surface area (Å²) < 4.78 is 23.8. The summed E-state index contributed by atoms with van der Waals surface area (Å²) in [6, 6.07) is 20.6. The molecule has 1 heterocycles. The van der Waals surface area contributed by atoms with Gasteiger partial charge in [0.25, 0.3) is 0 Å². The van der Waals surface area contributed by atoms with Crippen molar-refractivity contribution >= 4 is 37.8 Å². The van der Waals surface area contributed by atoms with E-state index in [1.807, 2.05) is 50.9 Å². The van der Waals surface area contributed by atoms with E-state index < -0.39 is 21.8 Å². The third-order valence-corrected chi connectivity index (χ3v) is 11.1. The maximum absolute atomic E-state index is 11.9. The molecule has 0 spiro atoms. The molecule has 252 valence electrons. The molecular formula is C38H63NO3P3+. The highest BCUT2D eigenvalue weighted by Gasteiger charge is 2.24. The van der Waals surface area contributed by atoms with Crippen LogP contribution in [0.4, 0.5) is 0 Å². The molecule has 3 aromatic rings. The molecule has 0 amide bonds. The molecule has 0 saturated heterocycles. The highest BCUT2D eigenvalue weighted by atomic mass is 31.2. The van der Waals surface area contributed by atoms with Gasteiger partial charge in [-0.25, -0.2) is 4.89 Å². The highest BCUT2D eigenvalue weighted by molar-refractivity contribution is 7.76. The van der Waals surface area contributed by atoms with Crippen molar-refractivity contribution < 1.29 is 14.0 Å². The highest BCUT2D eigenvalue weighted by Crippen LogP contribution is 2.44. The Labute approximate surface area is 277 Å². The van der Waals surface area contributed by atoms with Crippen LogP contribution in [0.25, 0.3) is 0 Å². The van der Waals surface area contributed by atoms with E-state index in [2.05, 4.69) is 104 Å². The van der Waals surface area contributed by atoms with Crippen LogP contribution >= 0.6 is 21.8 Å². The largest absolute Gasteiger partial charge is 0.319 e. The Balaban J connectivity index is 0.000000337. The van der Waals surface area contributed by atoms with E-state index >= 15 is 0 Å². The normalized spacial score (nSPS) is 12.9. The lowest BCUT2D eigenvalue weighted by molar-refractivity contribution is 0.411. The first-order chi connectivity index (χ1) is 20.1. The molecule has 0 aliphatic rings. The molecule has 0 atom stereocenters. The van der Waals surface area contributed by atoms with E-state index in [0.29, 0.717) is 5.41 Å². The van der Waals surface area contributed by atoms with E-state index in [4.69, 9.17) is 0 Å². The van der Waals surface area contributed by atoms with Gasteiger partial charge in [-0.3, -0.25) is 4.98 Å². The minimum atomic E-state index is -2.22. The second kappa shape index (κ2) is 16.0. The Morgan fingerprint density at radius 3 is 1.47 bits per heavy atom. The molecule has 1 aromatic heterocycles. The van der Waals surface area contributed by atoms with Gasteiger partial charge >= 0.3 is 0 Å². The lowest BCUT2D eigenvalue weighted by Crippen LogP contribution is -2.13. The average Bonchev–Trinajstić information content (AvgIpc) is 2.81. The molecule has 0 saturated carbocycles. The second-order valence-corrected chi connectivity index (χ2v) is 26.9. The first-order valence-electron chi connectivity index (χ1n) is 15.9. The third kappa shape index (κ3) is 18.4. The second-order valence-electron chi connectivity index (χ2n) is 17.2. The van der Waals surface area contributed by atoms with Crippen molar-refractivity contribution in [3.63, 3.8) is 0 Å². The molecule has 0 aliphatic carbocycles. The van der Waals surface area contributed by atoms with Gasteiger partial charge in [0.15, 0.2) is 7.49 Å². The maximum Gasteiger partial charge on any atom is 0.168 e. The zero-order valence-electron chi connectivity index (χ0n) is 31.0. The van der Waals surface area contributed by atoms with E-state index in [0.717, 1.165) is 35.3 Å². The Hall–Kier alpha value is -1.56. The minimum absolute atomic E-state index is 0.254. The number of pyridine rings is 1. The van der Waals surface area contributed by atoms with Crippen LogP contribution in [-0.4, -0.2) is 49.9 Å². The average molecular weight is 675 g/mol. The molecule has 0 aliphatic heterocycles. The first-order valence-corrected chi connectivity index (χ1v) is 23.7. The van der Waals surface area contributed by atoms with Crippen LogP contribution in [-0.2, 0) is 28.4 Å². The van der Waals surface area contributed by atoms with Gasteiger partial charge < -0.3 is 9.13 Å². The topological polar surface area (TPSA) is 67.3 Å². The number of nitrogens with zero attached hydrogens (tertiary/aromatic N) is 1. The Morgan fingerprint density at radius 1 is 0.622 bits per heavy atom. The molecule has 2 aromatic carbocycles. The molecule has 1 N–H and O–H groups in total. The van der Waals surface area contributed by atoms with E-state index in [1.165, 1.54) is 16.7 Å². The summed E-state index contributed by atoms with van der Waals surface area (Å²) in [5, 5.41) is 2.07.